The Morgan fingerprint density at radius 3 is 3.00 bits per heavy atom. The van der Waals surface area contributed by atoms with Gasteiger partial charge in [-0.1, -0.05) is 25.1 Å². The maximum atomic E-state index is 11.7. The number of hydrogen-bond donors (Lipinski definition) is 1. The zero-order valence-electron chi connectivity index (χ0n) is 12.6. The first kappa shape index (κ1) is 14.9. The van der Waals surface area contributed by atoms with E-state index in [-0.39, 0.29) is 12.1 Å². The van der Waals surface area contributed by atoms with Gasteiger partial charge in [0.05, 0.1) is 13.2 Å². The second-order valence-electron chi connectivity index (χ2n) is 5.30. The van der Waals surface area contributed by atoms with Gasteiger partial charge in [0.25, 0.3) is 0 Å². The smallest absolute Gasteiger partial charge is 0.409 e. The van der Waals surface area contributed by atoms with Crippen LogP contribution in [0.25, 0.3) is 0 Å². The van der Waals surface area contributed by atoms with Gasteiger partial charge in [-0.3, -0.25) is 0 Å². The van der Waals surface area contributed by atoms with E-state index >= 15 is 0 Å². The number of rotatable bonds is 4. The summed E-state index contributed by atoms with van der Waals surface area (Å²) in [5, 5.41) is 3.42. The first-order valence-electron chi connectivity index (χ1n) is 7.34. The fourth-order valence-electron chi connectivity index (χ4n) is 2.77. The average molecular weight is 276 g/mol. The molecule has 1 aromatic rings. The van der Waals surface area contributed by atoms with Crippen molar-refractivity contribution in [1.82, 2.24) is 10.2 Å². The van der Waals surface area contributed by atoms with Crippen LogP contribution in [0.2, 0.25) is 0 Å². The maximum Gasteiger partial charge on any atom is 0.409 e. The van der Waals surface area contributed by atoms with Gasteiger partial charge in [-0.25, -0.2) is 4.79 Å². The third kappa shape index (κ3) is 3.12. The van der Waals surface area contributed by atoms with Crippen LogP contribution in [0.5, 0.6) is 0 Å². The summed E-state index contributed by atoms with van der Waals surface area (Å²) < 4.78 is 4.84. The van der Waals surface area contributed by atoms with Crippen molar-refractivity contribution in [3.63, 3.8) is 0 Å². The molecule has 4 heteroatoms. The number of benzene rings is 1. The fourth-order valence-corrected chi connectivity index (χ4v) is 2.77. The highest BCUT2D eigenvalue weighted by molar-refractivity contribution is 5.68. The largest absolute Gasteiger partial charge is 0.453 e. The number of methoxy groups -OCH3 is 1. The molecular formula is C16H24N2O2. The molecule has 0 saturated carbocycles. The van der Waals surface area contributed by atoms with Crippen molar-refractivity contribution in [2.24, 2.45) is 0 Å². The molecule has 0 aromatic heterocycles. The minimum absolute atomic E-state index is 0.0869. The van der Waals surface area contributed by atoms with Crippen molar-refractivity contribution < 1.29 is 9.53 Å². The number of nitrogens with zero attached hydrogens (tertiary/aromatic N) is 1. The normalized spacial score (nSPS) is 17.8. The first-order valence-corrected chi connectivity index (χ1v) is 7.34. The summed E-state index contributed by atoms with van der Waals surface area (Å²) in [4.78, 5) is 13.5. The van der Waals surface area contributed by atoms with Gasteiger partial charge < -0.3 is 15.0 Å². The molecule has 1 aromatic carbocycles. The number of carbonyl (C=O) groups is 1. The topological polar surface area (TPSA) is 41.6 Å². The lowest BCUT2D eigenvalue weighted by molar-refractivity contribution is 0.105. The second-order valence-corrected chi connectivity index (χ2v) is 5.30. The summed E-state index contributed by atoms with van der Waals surface area (Å²) in [6, 6.07) is 6.66. The lowest BCUT2D eigenvalue weighted by Gasteiger charge is -2.34. The minimum Gasteiger partial charge on any atom is -0.453 e. The van der Waals surface area contributed by atoms with Crippen molar-refractivity contribution in [3.8, 4) is 0 Å². The van der Waals surface area contributed by atoms with Crippen molar-refractivity contribution in [2.45, 2.75) is 39.3 Å². The molecule has 20 heavy (non-hydrogen) atoms. The molecule has 1 unspecified atom stereocenters. The molecule has 1 heterocycles. The van der Waals surface area contributed by atoms with E-state index in [1.54, 1.807) is 4.90 Å². The number of carbonyl (C=O) groups excluding carboxylic acids is 1. The van der Waals surface area contributed by atoms with Gasteiger partial charge in [-0.2, -0.15) is 0 Å². The molecule has 1 atom stereocenters. The molecule has 1 N–H and O–H groups in total. The van der Waals surface area contributed by atoms with Crippen LogP contribution in [-0.4, -0.2) is 31.2 Å². The van der Waals surface area contributed by atoms with Gasteiger partial charge >= 0.3 is 6.09 Å². The summed E-state index contributed by atoms with van der Waals surface area (Å²) in [6.07, 6.45) is 1.81. The molecule has 4 nitrogen and oxygen atoms in total. The van der Waals surface area contributed by atoms with Gasteiger partial charge in [0.15, 0.2) is 0 Å². The zero-order valence-corrected chi connectivity index (χ0v) is 12.6. The van der Waals surface area contributed by atoms with Crippen molar-refractivity contribution >= 4 is 6.09 Å². The van der Waals surface area contributed by atoms with Gasteiger partial charge in [-0.05, 0) is 43.0 Å². The van der Waals surface area contributed by atoms with E-state index in [0.717, 1.165) is 32.5 Å². The Bertz CT molecular complexity index is 474. The van der Waals surface area contributed by atoms with Crippen LogP contribution in [0.15, 0.2) is 18.2 Å². The highest BCUT2D eigenvalue weighted by Gasteiger charge is 2.28. The number of amides is 1. The zero-order chi connectivity index (χ0) is 14.5. The van der Waals surface area contributed by atoms with Gasteiger partial charge in [-0.15, -0.1) is 0 Å². The molecule has 0 saturated heterocycles. The molecule has 0 radical (unpaired) electrons. The summed E-state index contributed by atoms with van der Waals surface area (Å²) in [7, 11) is 1.44. The number of ether oxygens (including phenoxy) is 1. The van der Waals surface area contributed by atoms with Crippen LogP contribution in [0, 0.1) is 0 Å². The van der Waals surface area contributed by atoms with Crippen LogP contribution in [0.1, 0.15) is 43.0 Å². The molecule has 0 bridgehead atoms. The van der Waals surface area contributed by atoms with Crippen LogP contribution < -0.4 is 5.32 Å². The molecule has 110 valence electrons. The summed E-state index contributed by atoms with van der Waals surface area (Å²) in [5.41, 5.74) is 3.91. The third-order valence-electron chi connectivity index (χ3n) is 3.91. The van der Waals surface area contributed by atoms with Gasteiger partial charge in [0.2, 0.25) is 0 Å². The predicted molar refractivity (Wildman–Crippen MR) is 79.7 cm³/mol. The lowest BCUT2D eigenvalue weighted by atomic mass is 9.92. The Kier molecular flexibility index (Phi) is 5.01. The molecular weight excluding hydrogens is 252 g/mol. The summed E-state index contributed by atoms with van der Waals surface area (Å²) in [5.74, 6) is 0. The quantitative estimate of drug-likeness (QED) is 0.860. The van der Waals surface area contributed by atoms with E-state index in [4.69, 9.17) is 4.74 Å². The average Bonchev–Trinajstić information content (AvgIpc) is 2.47. The van der Waals surface area contributed by atoms with E-state index in [1.165, 1.54) is 23.8 Å². The monoisotopic (exact) mass is 276 g/mol. The number of fused-ring (bicyclic) bond motifs is 1. The Hall–Kier alpha value is -1.55. The highest BCUT2D eigenvalue weighted by atomic mass is 16.5. The summed E-state index contributed by atoms with van der Waals surface area (Å²) >= 11 is 0. The third-order valence-corrected chi connectivity index (χ3v) is 3.91. The standard InChI is InChI=1S/C16H24N2O2/c1-4-8-17-11-13-5-6-15-12(2)18(16(19)20-3)9-7-14(15)10-13/h5-6,10,12,17H,4,7-9,11H2,1-3H3. The van der Waals surface area contributed by atoms with E-state index in [0.29, 0.717) is 0 Å². The van der Waals surface area contributed by atoms with Gasteiger partial charge in [0, 0.05) is 13.1 Å². The van der Waals surface area contributed by atoms with E-state index < -0.39 is 0 Å². The molecule has 0 spiro atoms. The molecule has 0 fully saturated rings. The van der Waals surface area contributed by atoms with E-state index in [2.05, 4.69) is 37.4 Å². The van der Waals surface area contributed by atoms with Crippen LogP contribution in [0.3, 0.4) is 0 Å². The SMILES string of the molecule is CCCNCc1ccc2c(c1)CCN(C(=O)OC)C2C. The lowest BCUT2D eigenvalue weighted by Crippen LogP contribution is -2.38. The highest BCUT2D eigenvalue weighted by Crippen LogP contribution is 2.30. The maximum absolute atomic E-state index is 11.7. The molecule has 1 aliphatic rings. The number of nitrogens with one attached hydrogen (secondary N) is 1. The van der Waals surface area contributed by atoms with Crippen molar-refractivity contribution in [2.75, 3.05) is 20.2 Å². The Labute approximate surface area is 121 Å². The van der Waals surface area contributed by atoms with Crippen LogP contribution >= 0.6 is 0 Å². The predicted octanol–water partition coefficient (Wildman–Crippen LogP) is 2.87. The van der Waals surface area contributed by atoms with Crippen molar-refractivity contribution in [1.29, 1.82) is 0 Å². The molecule has 0 aliphatic carbocycles. The summed E-state index contributed by atoms with van der Waals surface area (Å²) in [6.45, 7) is 6.92. The first-order chi connectivity index (χ1) is 9.67. The molecule has 2 rings (SSSR count). The minimum atomic E-state index is -0.239. The Morgan fingerprint density at radius 2 is 2.30 bits per heavy atom. The van der Waals surface area contributed by atoms with Crippen LogP contribution in [-0.2, 0) is 17.7 Å². The number of hydrogen-bond acceptors (Lipinski definition) is 3. The second kappa shape index (κ2) is 6.75. The molecule has 1 amide bonds. The van der Waals surface area contributed by atoms with E-state index in [1.807, 2.05) is 0 Å². The Morgan fingerprint density at radius 1 is 1.50 bits per heavy atom. The van der Waals surface area contributed by atoms with E-state index in [9.17, 15) is 4.79 Å². The Balaban J connectivity index is 2.11. The fraction of sp³-hybridized carbons (Fsp3) is 0.562. The van der Waals surface area contributed by atoms with Crippen molar-refractivity contribution in [3.05, 3.63) is 34.9 Å². The molecule has 1 aliphatic heterocycles. The van der Waals surface area contributed by atoms with Crippen LogP contribution in [0.4, 0.5) is 4.79 Å². The van der Waals surface area contributed by atoms with Gasteiger partial charge in [0.1, 0.15) is 0 Å².